The molecule has 0 aliphatic heterocycles. The van der Waals surface area contributed by atoms with Crippen LogP contribution in [0.4, 0.5) is 17.6 Å². The number of ether oxygens (including phenoxy) is 1. The molecule has 0 amide bonds. The molecule has 7 heteroatoms. The summed E-state index contributed by atoms with van der Waals surface area (Å²) in [6.07, 6.45) is -3.78. The second-order valence-corrected chi connectivity index (χ2v) is 4.58. The van der Waals surface area contributed by atoms with Crippen molar-refractivity contribution in [2.24, 2.45) is 0 Å². The van der Waals surface area contributed by atoms with Crippen molar-refractivity contribution in [1.29, 1.82) is 0 Å². The summed E-state index contributed by atoms with van der Waals surface area (Å²) in [4.78, 5) is -1.87. The van der Waals surface area contributed by atoms with Crippen LogP contribution in [0.3, 0.4) is 0 Å². The molecule has 17 heavy (non-hydrogen) atoms. The van der Waals surface area contributed by atoms with Crippen LogP contribution in [-0.4, -0.2) is 19.5 Å². The Kier molecular flexibility index (Phi) is 4.66. The predicted molar refractivity (Wildman–Crippen MR) is 60.6 cm³/mol. The van der Waals surface area contributed by atoms with Crippen molar-refractivity contribution in [1.82, 2.24) is 0 Å². The second kappa shape index (κ2) is 5.44. The largest absolute Gasteiger partial charge is 0.496 e. The van der Waals surface area contributed by atoms with Crippen LogP contribution in [0.25, 0.3) is 0 Å². The first kappa shape index (κ1) is 14.6. The minimum Gasteiger partial charge on any atom is -0.496 e. The lowest BCUT2D eigenvalue weighted by Crippen LogP contribution is -2.31. The van der Waals surface area contributed by atoms with E-state index in [9.17, 15) is 17.6 Å². The van der Waals surface area contributed by atoms with E-state index in [0.717, 1.165) is 6.07 Å². The molecule has 0 aromatic heterocycles. The molecule has 1 unspecified atom stereocenters. The van der Waals surface area contributed by atoms with Gasteiger partial charge in [-0.3, -0.25) is 0 Å². The Balaban J connectivity index is 3.19. The van der Waals surface area contributed by atoms with Crippen molar-refractivity contribution in [2.45, 2.75) is 17.2 Å². The average Bonchev–Trinajstić information content (AvgIpc) is 2.27. The van der Waals surface area contributed by atoms with Gasteiger partial charge < -0.3 is 4.74 Å². The van der Waals surface area contributed by atoms with E-state index in [4.69, 9.17) is 16.3 Å². The summed E-state index contributed by atoms with van der Waals surface area (Å²) < 4.78 is 55.6. The highest BCUT2D eigenvalue weighted by molar-refractivity contribution is 9.09. The molecular weight excluding hydrogens is 327 g/mol. The Bertz CT molecular complexity index is 400. The first-order chi connectivity index (χ1) is 7.80. The van der Waals surface area contributed by atoms with Gasteiger partial charge in [0, 0.05) is 10.6 Å². The number of hydrogen-bond donors (Lipinski definition) is 0. The summed E-state index contributed by atoms with van der Waals surface area (Å²) in [5.41, 5.74) is -0.120. The number of methoxy groups -OCH3 is 1. The fourth-order valence-electron chi connectivity index (χ4n) is 1.22. The molecule has 1 nitrogen and oxygen atoms in total. The SMILES string of the molecule is COc1ccc(Cl)cc1C(Br)C(F)(F)C(F)F. The van der Waals surface area contributed by atoms with E-state index in [2.05, 4.69) is 15.9 Å². The smallest absolute Gasteiger partial charge is 0.323 e. The molecule has 0 spiro atoms. The molecule has 0 aliphatic carbocycles. The fourth-order valence-corrected chi connectivity index (χ4v) is 1.96. The molecule has 1 rings (SSSR count). The van der Waals surface area contributed by atoms with Gasteiger partial charge in [0.05, 0.1) is 7.11 Å². The van der Waals surface area contributed by atoms with E-state index in [1.165, 1.54) is 19.2 Å². The lowest BCUT2D eigenvalue weighted by atomic mass is 10.1. The molecule has 0 saturated carbocycles. The third kappa shape index (κ3) is 3.04. The molecule has 1 atom stereocenters. The van der Waals surface area contributed by atoms with Crippen LogP contribution in [0.2, 0.25) is 5.02 Å². The molecule has 0 fully saturated rings. The van der Waals surface area contributed by atoms with Crippen LogP contribution in [-0.2, 0) is 0 Å². The summed E-state index contributed by atoms with van der Waals surface area (Å²) in [6, 6.07) is 3.92. The first-order valence-electron chi connectivity index (χ1n) is 4.44. The number of halogens is 6. The Morgan fingerprint density at radius 2 is 1.94 bits per heavy atom. The zero-order valence-electron chi connectivity index (χ0n) is 8.56. The van der Waals surface area contributed by atoms with Crippen LogP contribution in [0.1, 0.15) is 10.4 Å². The monoisotopic (exact) mass is 334 g/mol. The normalized spacial score (nSPS) is 13.9. The first-order valence-corrected chi connectivity index (χ1v) is 5.73. The molecule has 0 N–H and O–H groups in total. The number of benzene rings is 1. The van der Waals surface area contributed by atoms with Crippen molar-refractivity contribution in [3.8, 4) is 5.75 Å². The van der Waals surface area contributed by atoms with E-state index in [1.54, 1.807) is 0 Å². The molecule has 1 aromatic rings. The Labute approximate surface area is 109 Å². The van der Waals surface area contributed by atoms with E-state index in [0.29, 0.717) is 0 Å². The highest BCUT2D eigenvalue weighted by atomic mass is 79.9. The van der Waals surface area contributed by atoms with Gasteiger partial charge in [-0.15, -0.1) is 0 Å². The highest BCUT2D eigenvalue weighted by Crippen LogP contribution is 2.46. The van der Waals surface area contributed by atoms with Gasteiger partial charge in [-0.2, -0.15) is 8.78 Å². The number of hydrogen-bond acceptors (Lipinski definition) is 1. The van der Waals surface area contributed by atoms with Gasteiger partial charge in [0.1, 0.15) is 10.6 Å². The van der Waals surface area contributed by atoms with Gasteiger partial charge in [0.15, 0.2) is 0 Å². The lowest BCUT2D eigenvalue weighted by molar-refractivity contribution is -0.128. The van der Waals surface area contributed by atoms with Crippen LogP contribution in [0.15, 0.2) is 18.2 Å². The van der Waals surface area contributed by atoms with Gasteiger partial charge in [0.25, 0.3) is 0 Å². The van der Waals surface area contributed by atoms with Gasteiger partial charge >= 0.3 is 12.3 Å². The topological polar surface area (TPSA) is 9.23 Å². The quantitative estimate of drug-likeness (QED) is 0.573. The molecular formula is C10H8BrClF4O. The maximum Gasteiger partial charge on any atom is 0.323 e. The zero-order chi connectivity index (χ0) is 13.2. The zero-order valence-corrected chi connectivity index (χ0v) is 10.9. The minimum atomic E-state index is -4.21. The summed E-state index contributed by atoms with van der Waals surface area (Å²) in [6.45, 7) is 0. The molecule has 96 valence electrons. The second-order valence-electron chi connectivity index (χ2n) is 3.22. The lowest BCUT2D eigenvalue weighted by Gasteiger charge is -2.23. The Morgan fingerprint density at radius 1 is 1.35 bits per heavy atom. The van der Waals surface area contributed by atoms with Crippen molar-refractivity contribution in [3.63, 3.8) is 0 Å². The van der Waals surface area contributed by atoms with Crippen molar-refractivity contribution in [3.05, 3.63) is 28.8 Å². The van der Waals surface area contributed by atoms with E-state index in [1.807, 2.05) is 0 Å². The summed E-state index contributed by atoms with van der Waals surface area (Å²) in [5.74, 6) is -4.14. The molecule has 0 saturated heterocycles. The van der Waals surface area contributed by atoms with Crippen LogP contribution < -0.4 is 4.74 Å². The molecule has 1 aromatic carbocycles. The van der Waals surface area contributed by atoms with Crippen molar-refractivity contribution in [2.75, 3.05) is 7.11 Å². The standard InChI is InChI=1S/C10H8BrClF4O/c1-17-7-3-2-5(12)4-6(7)8(11)10(15,16)9(13)14/h2-4,8-9H,1H3. The third-order valence-electron chi connectivity index (χ3n) is 2.09. The van der Waals surface area contributed by atoms with Gasteiger partial charge in [-0.05, 0) is 18.2 Å². The summed E-state index contributed by atoms with van der Waals surface area (Å²) >= 11 is 8.20. The predicted octanol–water partition coefficient (Wildman–Crippen LogP) is 4.69. The number of alkyl halides is 5. The van der Waals surface area contributed by atoms with E-state index in [-0.39, 0.29) is 16.3 Å². The van der Waals surface area contributed by atoms with Crippen molar-refractivity contribution < 1.29 is 22.3 Å². The van der Waals surface area contributed by atoms with Gasteiger partial charge in [0.2, 0.25) is 0 Å². The highest BCUT2D eigenvalue weighted by Gasteiger charge is 2.49. The van der Waals surface area contributed by atoms with Gasteiger partial charge in [-0.1, -0.05) is 27.5 Å². The van der Waals surface area contributed by atoms with Crippen LogP contribution in [0, 0.1) is 0 Å². The summed E-state index contributed by atoms with van der Waals surface area (Å²) in [5, 5.41) is 0.162. The minimum absolute atomic E-state index is 0.0663. The van der Waals surface area contributed by atoms with Crippen LogP contribution in [0.5, 0.6) is 5.75 Å². The number of rotatable bonds is 4. The summed E-state index contributed by atoms with van der Waals surface area (Å²) in [7, 11) is 1.26. The van der Waals surface area contributed by atoms with E-state index >= 15 is 0 Å². The van der Waals surface area contributed by atoms with E-state index < -0.39 is 17.2 Å². The maximum absolute atomic E-state index is 13.2. The average molecular weight is 336 g/mol. The molecule has 0 bridgehead atoms. The molecule has 0 heterocycles. The Morgan fingerprint density at radius 3 is 2.41 bits per heavy atom. The van der Waals surface area contributed by atoms with Gasteiger partial charge in [-0.25, -0.2) is 8.78 Å². The van der Waals surface area contributed by atoms with Crippen molar-refractivity contribution >= 4 is 27.5 Å². The molecule has 0 aliphatic rings. The fraction of sp³-hybridized carbons (Fsp3) is 0.400. The molecule has 0 radical (unpaired) electrons. The third-order valence-corrected chi connectivity index (χ3v) is 3.43. The maximum atomic E-state index is 13.2. The van der Waals surface area contributed by atoms with Crippen LogP contribution >= 0.6 is 27.5 Å². The Hall–Kier alpha value is -0.490.